The average Bonchev–Trinajstić information content (AvgIpc) is 1.69. The molecule has 1 heteroatoms. The van der Waals surface area contributed by atoms with Gasteiger partial charge in [-0.3, -0.25) is 0 Å². The molecule has 0 unspecified atom stereocenters. The maximum absolute atomic E-state index is 4.83. The van der Waals surface area contributed by atoms with E-state index in [1.165, 1.54) is 0 Å². The fourth-order valence-electron chi connectivity index (χ4n) is 0.562. The third-order valence-electron chi connectivity index (χ3n) is 0.941. The molecule has 0 atom stereocenters. The zero-order chi connectivity index (χ0) is 5.11. The Morgan fingerprint density at radius 2 is 2.57 bits per heavy atom. The molecule has 0 N–H and O–H groups in total. The molecule has 1 nitrogen and oxygen atoms in total. The van der Waals surface area contributed by atoms with Crippen LogP contribution in [0.25, 0.3) is 0 Å². The van der Waals surface area contributed by atoms with Crippen LogP contribution in [0.3, 0.4) is 0 Å². The molecule has 0 aliphatic carbocycles. The van der Waals surface area contributed by atoms with E-state index in [-0.39, 0.29) is 0 Å². The molecule has 1 rings (SSSR count). The Morgan fingerprint density at radius 3 is 2.86 bits per heavy atom. The average molecular weight is 96.1 g/mol. The topological polar surface area (TPSA) is 9.23 Å². The van der Waals surface area contributed by atoms with Crippen molar-refractivity contribution in [2.45, 2.75) is 12.8 Å². The van der Waals surface area contributed by atoms with E-state index >= 15 is 0 Å². The lowest BCUT2D eigenvalue weighted by atomic mass is 10.1. The van der Waals surface area contributed by atoms with Crippen LogP contribution in [0.5, 0.6) is 0 Å². The summed E-state index contributed by atoms with van der Waals surface area (Å²) in [4.78, 5) is 0. The highest BCUT2D eigenvalue weighted by Crippen LogP contribution is 2.12. The van der Waals surface area contributed by atoms with Gasteiger partial charge in [-0.1, -0.05) is 6.58 Å². The predicted molar refractivity (Wildman–Crippen MR) is 27.6 cm³/mol. The van der Waals surface area contributed by atoms with Crippen LogP contribution in [0.15, 0.2) is 12.2 Å². The van der Waals surface area contributed by atoms with Crippen LogP contribution in [-0.4, -0.2) is 6.61 Å². The predicted octanol–water partition coefficient (Wildman–Crippen LogP) is 1.39. The van der Waals surface area contributed by atoms with Crippen LogP contribution in [0, 0.1) is 6.61 Å². The van der Waals surface area contributed by atoms with Crippen LogP contribution in [0.1, 0.15) is 12.8 Å². The summed E-state index contributed by atoms with van der Waals surface area (Å²) in [5.41, 5.74) is 0.992. The summed E-state index contributed by atoms with van der Waals surface area (Å²) in [5, 5.41) is 0. The smallest absolute Gasteiger partial charge is 0.161 e. The number of ether oxygens (including phenoxy) is 1. The first kappa shape index (κ1) is 4.85. The van der Waals surface area contributed by atoms with Gasteiger partial charge in [0.15, 0.2) is 6.61 Å². The van der Waals surface area contributed by atoms with E-state index in [1.54, 1.807) is 0 Å². The Kier molecular flexibility index (Phi) is 1.47. The van der Waals surface area contributed by atoms with Gasteiger partial charge in [-0.15, -0.1) is 0 Å². The molecule has 0 bridgehead atoms. The first-order valence-corrected chi connectivity index (χ1v) is 2.45. The van der Waals surface area contributed by atoms with Gasteiger partial charge >= 0.3 is 0 Å². The van der Waals surface area contributed by atoms with Crippen molar-refractivity contribution < 1.29 is 4.74 Å². The molecule has 38 valence electrons. The first-order valence-electron chi connectivity index (χ1n) is 2.45. The molecule has 1 fully saturated rings. The minimum Gasteiger partial charge on any atom is -0.364 e. The third kappa shape index (κ3) is 1.32. The minimum absolute atomic E-state index is 0.818. The summed E-state index contributed by atoms with van der Waals surface area (Å²) in [7, 11) is 0. The summed E-state index contributed by atoms with van der Waals surface area (Å²) in [6, 6.07) is 0. The van der Waals surface area contributed by atoms with Gasteiger partial charge in [0.25, 0.3) is 0 Å². The van der Waals surface area contributed by atoms with Crippen molar-refractivity contribution in [2.24, 2.45) is 0 Å². The molecule has 0 spiro atoms. The van der Waals surface area contributed by atoms with Crippen molar-refractivity contribution in [2.75, 3.05) is 6.61 Å². The number of hydrogen-bond acceptors (Lipinski definition) is 1. The Hall–Kier alpha value is -0.300. The van der Waals surface area contributed by atoms with Crippen LogP contribution in [0.4, 0.5) is 0 Å². The second-order valence-electron chi connectivity index (χ2n) is 1.66. The Balaban J connectivity index is 2.25. The maximum atomic E-state index is 4.83. The summed E-state index contributed by atoms with van der Waals surface area (Å²) >= 11 is 0. The van der Waals surface area contributed by atoms with Gasteiger partial charge in [0.05, 0.1) is 0 Å². The standard InChI is InChI=1S/C6H8O/c1-6-3-2-4-7-5-6/h1-4H2. The van der Waals surface area contributed by atoms with E-state index in [0.717, 1.165) is 25.0 Å². The second kappa shape index (κ2) is 2.12. The van der Waals surface area contributed by atoms with Crippen molar-refractivity contribution >= 4 is 0 Å². The quantitative estimate of drug-likeness (QED) is 0.443. The first-order chi connectivity index (χ1) is 3.39. The molecule has 1 aliphatic heterocycles. The summed E-state index contributed by atoms with van der Waals surface area (Å²) in [6.45, 7) is 7.18. The molecule has 1 heterocycles. The van der Waals surface area contributed by atoms with Crippen molar-refractivity contribution in [1.29, 1.82) is 0 Å². The lowest BCUT2D eigenvalue weighted by Gasteiger charge is -2.09. The second-order valence-corrected chi connectivity index (χ2v) is 1.66. The van der Waals surface area contributed by atoms with Crippen LogP contribution < -0.4 is 0 Å². The highest BCUT2D eigenvalue weighted by atomic mass is 16.5. The zero-order valence-electron chi connectivity index (χ0n) is 4.24. The van der Waals surface area contributed by atoms with Gasteiger partial charge in [-0.2, -0.15) is 0 Å². The molecule has 0 aromatic carbocycles. The van der Waals surface area contributed by atoms with Crippen molar-refractivity contribution in [3.8, 4) is 0 Å². The number of hydrogen-bond donors (Lipinski definition) is 0. The summed E-state index contributed by atoms with van der Waals surface area (Å²) in [5.74, 6) is 0. The lowest BCUT2D eigenvalue weighted by molar-refractivity contribution is 0.185. The van der Waals surface area contributed by atoms with E-state index in [9.17, 15) is 0 Å². The van der Waals surface area contributed by atoms with E-state index < -0.39 is 0 Å². The maximum Gasteiger partial charge on any atom is 0.161 e. The summed E-state index contributed by atoms with van der Waals surface area (Å²) in [6.07, 6.45) is 2.16. The molecule has 2 radical (unpaired) electrons. The van der Waals surface area contributed by atoms with E-state index in [2.05, 4.69) is 13.2 Å². The molecule has 0 aromatic rings. The Labute approximate surface area is 44.0 Å². The van der Waals surface area contributed by atoms with Crippen LogP contribution in [-0.2, 0) is 4.74 Å². The molecule has 0 amide bonds. The SMILES string of the molecule is C=C1[C]OCCC1. The van der Waals surface area contributed by atoms with Crippen LogP contribution in [0.2, 0.25) is 0 Å². The Bertz CT molecular complexity index is 68.2. The summed E-state index contributed by atoms with van der Waals surface area (Å²) < 4.78 is 4.83. The van der Waals surface area contributed by atoms with E-state index in [4.69, 9.17) is 4.74 Å². The van der Waals surface area contributed by atoms with Crippen molar-refractivity contribution in [1.82, 2.24) is 0 Å². The normalized spacial score (nSPS) is 22.6. The van der Waals surface area contributed by atoms with Gasteiger partial charge < -0.3 is 4.74 Å². The minimum atomic E-state index is 0.818. The Morgan fingerprint density at radius 1 is 1.71 bits per heavy atom. The molecule has 1 aliphatic rings. The van der Waals surface area contributed by atoms with E-state index in [0.29, 0.717) is 0 Å². The fourth-order valence-corrected chi connectivity index (χ4v) is 0.562. The number of rotatable bonds is 0. The van der Waals surface area contributed by atoms with Crippen LogP contribution >= 0.6 is 0 Å². The fraction of sp³-hybridized carbons (Fsp3) is 0.500. The molecule has 1 saturated heterocycles. The lowest BCUT2D eigenvalue weighted by Crippen LogP contribution is -2.00. The van der Waals surface area contributed by atoms with Crippen molar-refractivity contribution in [3.63, 3.8) is 0 Å². The van der Waals surface area contributed by atoms with Gasteiger partial charge in [0.2, 0.25) is 0 Å². The molecular formula is C6H8O. The zero-order valence-corrected chi connectivity index (χ0v) is 4.24. The molecule has 7 heavy (non-hydrogen) atoms. The monoisotopic (exact) mass is 96.1 g/mol. The van der Waals surface area contributed by atoms with Crippen molar-refractivity contribution in [3.05, 3.63) is 18.8 Å². The van der Waals surface area contributed by atoms with Gasteiger partial charge in [-0.25, -0.2) is 0 Å². The van der Waals surface area contributed by atoms with Gasteiger partial charge in [0, 0.05) is 6.61 Å². The highest BCUT2D eigenvalue weighted by Gasteiger charge is 2.02. The third-order valence-corrected chi connectivity index (χ3v) is 0.941. The molecule has 0 aromatic heterocycles. The molecule has 0 saturated carbocycles. The molecular weight excluding hydrogens is 88.1 g/mol. The highest BCUT2D eigenvalue weighted by molar-refractivity contribution is 5.04. The van der Waals surface area contributed by atoms with E-state index in [1.807, 2.05) is 0 Å². The largest absolute Gasteiger partial charge is 0.364 e. The van der Waals surface area contributed by atoms with Gasteiger partial charge in [-0.05, 0) is 18.4 Å². The van der Waals surface area contributed by atoms with Gasteiger partial charge in [0.1, 0.15) is 0 Å².